The number of carbonyl (C=O) groups excluding carboxylic acids is 1. The Hall–Kier alpha value is -2.42. The Bertz CT molecular complexity index is 1120. The number of thiazole rings is 1. The standard InChI is InChI=1S/C22H30N6O5S2/c1-26-11-12-28(19(20(29)30)13-18-15-34-16-24-18)21(31)22(26,14-17-5-3-2-4-6-17)25-35(32,33)27-9-7-23-8-10-27/h2-6,15-16,19,23,25H,7-14H2,1H3,(H,29,30)/t19?,22-/m1/s1. The van der Waals surface area contributed by atoms with Crippen molar-refractivity contribution < 1.29 is 23.1 Å². The fraction of sp³-hybridized carbons (Fsp3) is 0.500. The topological polar surface area (TPSA) is 135 Å². The predicted molar refractivity (Wildman–Crippen MR) is 131 cm³/mol. The molecule has 35 heavy (non-hydrogen) atoms. The Labute approximate surface area is 208 Å². The summed E-state index contributed by atoms with van der Waals surface area (Å²) in [4.78, 5) is 33.6. The molecule has 2 saturated heterocycles. The molecule has 0 spiro atoms. The number of carbonyl (C=O) groups is 2. The molecule has 0 bridgehead atoms. The van der Waals surface area contributed by atoms with Gasteiger partial charge in [-0.15, -0.1) is 11.3 Å². The first-order valence-electron chi connectivity index (χ1n) is 11.4. The van der Waals surface area contributed by atoms with E-state index >= 15 is 0 Å². The fourth-order valence-corrected chi connectivity index (χ4v) is 6.64. The molecule has 2 atom stereocenters. The Morgan fingerprint density at radius 1 is 1.23 bits per heavy atom. The van der Waals surface area contributed by atoms with Gasteiger partial charge in [0.1, 0.15) is 6.04 Å². The first-order valence-corrected chi connectivity index (χ1v) is 13.8. The summed E-state index contributed by atoms with van der Waals surface area (Å²) >= 11 is 1.35. The van der Waals surface area contributed by atoms with E-state index in [2.05, 4.69) is 15.0 Å². The van der Waals surface area contributed by atoms with E-state index in [0.717, 1.165) is 5.56 Å². The van der Waals surface area contributed by atoms with Crippen LogP contribution in [0.3, 0.4) is 0 Å². The molecule has 3 heterocycles. The number of hydrogen-bond acceptors (Lipinski definition) is 8. The highest BCUT2D eigenvalue weighted by molar-refractivity contribution is 7.87. The average Bonchev–Trinajstić information content (AvgIpc) is 3.36. The number of carboxylic acid groups (broad SMARTS) is 1. The summed E-state index contributed by atoms with van der Waals surface area (Å²) in [6.45, 7) is 2.03. The minimum atomic E-state index is -4.05. The van der Waals surface area contributed by atoms with E-state index in [-0.39, 0.29) is 32.5 Å². The summed E-state index contributed by atoms with van der Waals surface area (Å²) in [7, 11) is -2.36. The van der Waals surface area contributed by atoms with Crippen LogP contribution in [0, 0.1) is 0 Å². The third-order valence-electron chi connectivity index (χ3n) is 6.51. The minimum absolute atomic E-state index is 0.0419. The zero-order chi connectivity index (χ0) is 25.1. The number of piperazine rings is 2. The van der Waals surface area contributed by atoms with Crippen molar-refractivity contribution >= 4 is 33.4 Å². The molecule has 13 heteroatoms. The lowest BCUT2D eigenvalue weighted by Gasteiger charge is -2.49. The lowest BCUT2D eigenvalue weighted by molar-refractivity contribution is -0.162. The van der Waals surface area contributed by atoms with Gasteiger partial charge in [-0.05, 0) is 12.6 Å². The van der Waals surface area contributed by atoms with E-state index in [4.69, 9.17) is 0 Å². The molecule has 1 aromatic carbocycles. The van der Waals surface area contributed by atoms with E-state index in [0.29, 0.717) is 25.3 Å². The molecule has 0 aliphatic carbocycles. The Morgan fingerprint density at radius 2 is 1.94 bits per heavy atom. The van der Waals surface area contributed by atoms with Crippen LogP contribution < -0.4 is 10.0 Å². The summed E-state index contributed by atoms with van der Waals surface area (Å²) in [5, 5.41) is 14.9. The molecule has 1 aromatic heterocycles. The predicted octanol–water partition coefficient (Wildman–Crippen LogP) is -0.409. The number of aromatic nitrogens is 1. The highest BCUT2D eigenvalue weighted by Gasteiger charge is 2.53. The van der Waals surface area contributed by atoms with Gasteiger partial charge in [0.25, 0.3) is 16.1 Å². The van der Waals surface area contributed by atoms with E-state index in [1.54, 1.807) is 22.8 Å². The second kappa shape index (κ2) is 10.7. The van der Waals surface area contributed by atoms with Crippen molar-refractivity contribution in [2.45, 2.75) is 24.5 Å². The molecule has 4 rings (SSSR count). The van der Waals surface area contributed by atoms with E-state index in [1.165, 1.54) is 20.5 Å². The maximum absolute atomic E-state index is 14.1. The summed E-state index contributed by atoms with van der Waals surface area (Å²) in [5.41, 5.74) is 1.26. The zero-order valence-electron chi connectivity index (χ0n) is 19.5. The normalized spacial score (nSPS) is 23.3. The quantitative estimate of drug-likeness (QED) is 0.405. The maximum atomic E-state index is 14.1. The minimum Gasteiger partial charge on any atom is -0.480 e. The van der Waals surface area contributed by atoms with Crippen molar-refractivity contribution in [3.8, 4) is 0 Å². The van der Waals surface area contributed by atoms with Crippen LogP contribution in [0.2, 0.25) is 0 Å². The number of likely N-dealkylation sites (N-methyl/N-ethyl adjacent to an activating group) is 1. The monoisotopic (exact) mass is 522 g/mol. The summed E-state index contributed by atoms with van der Waals surface area (Å²) in [6.07, 6.45) is 0.0916. The third-order valence-corrected chi connectivity index (χ3v) is 8.78. The molecule has 2 aromatic rings. The summed E-state index contributed by atoms with van der Waals surface area (Å²) < 4.78 is 31.0. The van der Waals surface area contributed by atoms with Gasteiger partial charge in [0.2, 0.25) is 0 Å². The average molecular weight is 523 g/mol. The first kappa shape index (κ1) is 25.7. The molecule has 1 unspecified atom stereocenters. The maximum Gasteiger partial charge on any atom is 0.326 e. The van der Waals surface area contributed by atoms with Gasteiger partial charge in [-0.2, -0.15) is 17.4 Å². The van der Waals surface area contributed by atoms with Crippen molar-refractivity contribution in [1.29, 1.82) is 0 Å². The van der Waals surface area contributed by atoms with Crippen LogP contribution in [-0.4, -0.2) is 103 Å². The largest absolute Gasteiger partial charge is 0.480 e. The molecule has 2 aliphatic rings. The number of nitrogens with one attached hydrogen (secondary N) is 2. The molecule has 11 nitrogen and oxygen atoms in total. The van der Waals surface area contributed by atoms with Gasteiger partial charge in [0, 0.05) is 57.5 Å². The van der Waals surface area contributed by atoms with Crippen LogP contribution in [0.1, 0.15) is 11.3 Å². The molecule has 1 amide bonds. The number of hydrogen-bond donors (Lipinski definition) is 3. The Kier molecular flexibility index (Phi) is 7.83. The van der Waals surface area contributed by atoms with Gasteiger partial charge in [-0.25, -0.2) is 9.78 Å². The van der Waals surface area contributed by atoms with Gasteiger partial charge >= 0.3 is 5.97 Å². The molecule has 2 aliphatic heterocycles. The highest BCUT2D eigenvalue weighted by Crippen LogP contribution is 2.28. The molecular formula is C22H30N6O5S2. The molecule has 2 fully saturated rings. The van der Waals surface area contributed by atoms with Gasteiger partial charge in [0.05, 0.1) is 11.2 Å². The lowest BCUT2D eigenvalue weighted by Crippen LogP contribution is -2.75. The van der Waals surface area contributed by atoms with Crippen LogP contribution in [0.4, 0.5) is 0 Å². The van der Waals surface area contributed by atoms with Crippen LogP contribution in [0.5, 0.6) is 0 Å². The van der Waals surface area contributed by atoms with E-state index < -0.39 is 33.8 Å². The number of nitrogens with zero attached hydrogens (tertiary/aromatic N) is 4. The number of amides is 1. The molecule has 190 valence electrons. The van der Waals surface area contributed by atoms with Crippen LogP contribution in [0.25, 0.3) is 0 Å². The second-order valence-electron chi connectivity index (χ2n) is 8.74. The van der Waals surface area contributed by atoms with Crippen molar-refractivity contribution in [2.75, 3.05) is 46.3 Å². The zero-order valence-corrected chi connectivity index (χ0v) is 21.1. The highest BCUT2D eigenvalue weighted by atomic mass is 32.2. The van der Waals surface area contributed by atoms with Crippen molar-refractivity contribution in [3.63, 3.8) is 0 Å². The van der Waals surface area contributed by atoms with E-state index in [9.17, 15) is 23.1 Å². The van der Waals surface area contributed by atoms with Gasteiger partial charge in [-0.3, -0.25) is 9.69 Å². The SMILES string of the molecule is CN1CCN(C(Cc2cscn2)C(=O)O)C(=O)[C@]1(Cc1ccccc1)NS(=O)(=O)N1CCNCC1. The lowest BCUT2D eigenvalue weighted by atomic mass is 9.93. The second-order valence-corrected chi connectivity index (χ2v) is 11.1. The smallest absolute Gasteiger partial charge is 0.326 e. The number of aliphatic carboxylic acids is 1. The van der Waals surface area contributed by atoms with Gasteiger partial charge in [0.15, 0.2) is 5.66 Å². The molecular weight excluding hydrogens is 492 g/mol. The van der Waals surface area contributed by atoms with Gasteiger partial charge in [-0.1, -0.05) is 30.3 Å². The number of carboxylic acids is 1. The van der Waals surface area contributed by atoms with Gasteiger partial charge < -0.3 is 15.3 Å². The third kappa shape index (κ3) is 5.55. The van der Waals surface area contributed by atoms with Crippen LogP contribution >= 0.6 is 11.3 Å². The molecule has 0 radical (unpaired) electrons. The van der Waals surface area contributed by atoms with Crippen molar-refractivity contribution in [2.24, 2.45) is 0 Å². The molecule has 3 N–H and O–H groups in total. The molecule has 0 saturated carbocycles. The number of benzene rings is 1. The van der Waals surface area contributed by atoms with Crippen molar-refractivity contribution in [3.05, 3.63) is 52.5 Å². The Balaban J connectivity index is 1.72. The Morgan fingerprint density at radius 3 is 2.57 bits per heavy atom. The van der Waals surface area contributed by atoms with Crippen LogP contribution in [-0.2, 0) is 32.6 Å². The number of rotatable bonds is 9. The first-order chi connectivity index (χ1) is 16.7. The van der Waals surface area contributed by atoms with E-state index in [1.807, 2.05) is 30.3 Å². The van der Waals surface area contributed by atoms with Crippen molar-refractivity contribution in [1.82, 2.24) is 29.1 Å². The summed E-state index contributed by atoms with van der Waals surface area (Å²) in [5.74, 6) is -1.74. The fourth-order valence-electron chi connectivity index (χ4n) is 4.54. The summed E-state index contributed by atoms with van der Waals surface area (Å²) in [6, 6.07) is 7.96. The van der Waals surface area contributed by atoms with Crippen LogP contribution in [0.15, 0.2) is 41.2 Å².